The first-order valence-corrected chi connectivity index (χ1v) is 8.09. The number of thioether (sulfide) groups is 1. The predicted molar refractivity (Wildman–Crippen MR) is 70.7 cm³/mol. The van der Waals surface area contributed by atoms with Crippen molar-refractivity contribution in [2.45, 2.75) is 36.2 Å². The molecular weight excluding hydrogens is 240 g/mol. The van der Waals surface area contributed by atoms with E-state index < -0.39 is 9.84 Å². The molecule has 2 nitrogen and oxygen atoms in total. The maximum Gasteiger partial charge on any atom is 0.175 e. The Morgan fingerprint density at radius 2 is 1.56 bits per heavy atom. The van der Waals surface area contributed by atoms with Crippen molar-refractivity contribution < 1.29 is 8.42 Å². The van der Waals surface area contributed by atoms with E-state index in [9.17, 15) is 8.42 Å². The Labute approximate surface area is 102 Å². The van der Waals surface area contributed by atoms with Crippen LogP contribution in [-0.4, -0.2) is 19.9 Å². The van der Waals surface area contributed by atoms with Crippen LogP contribution in [0.15, 0.2) is 29.2 Å². The van der Waals surface area contributed by atoms with Gasteiger partial charge in [0.1, 0.15) is 0 Å². The molecule has 90 valence electrons. The Kier molecular flexibility index (Phi) is 4.44. The molecule has 1 aromatic rings. The molecule has 0 spiro atoms. The zero-order valence-electron chi connectivity index (χ0n) is 10.1. The van der Waals surface area contributed by atoms with Crippen LogP contribution in [0.1, 0.15) is 31.6 Å². The van der Waals surface area contributed by atoms with Gasteiger partial charge in [0.25, 0.3) is 0 Å². The van der Waals surface area contributed by atoms with Crippen molar-refractivity contribution in [2.24, 2.45) is 0 Å². The Morgan fingerprint density at radius 1 is 1.06 bits per heavy atom. The fourth-order valence-corrected chi connectivity index (χ4v) is 3.23. The SMILES string of the molecule is CC(C)SC(C)c1ccc(S(C)(=O)=O)cc1. The van der Waals surface area contributed by atoms with E-state index in [1.807, 2.05) is 23.9 Å². The van der Waals surface area contributed by atoms with Crippen molar-refractivity contribution in [3.05, 3.63) is 29.8 Å². The van der Waals surface area contributed by atoms with Crippen LogP contribution in [0.25, 0.3) is 0 Å². The Hall–Kier alpha value is -0.480. The van der Waals surface area contributed by atoms with Crippen molar-refractivity contribution in [1.82, 2.24) is 0 Å². The van der Waals surface area contributed by atoms with Crippen molar-refractivity contribution >= 4 is 21.6 Å². The molecule has 0 fully saturated rings. The van der Waals surface area contributed by atoms with Crippen molar-refractivity contribution in [3.63, 3.8) is 0 Å². The van der Waals surface area contributed by atoms with Gasteiger partial charge in [-0.1, -0.05) is 26.0 Å². The van der Waals surface area contributed by atoms with Gasteiger partial charge in [-0.3, -0.25) is 0 Å². The lowest BCUT2D eigenvalue weighted by Gasteiger charge is -2.14. The Bertz CT molecular complexity index is 433. The van der Waals surface area contributed by atoms with Crippen LogP contribution in [0.3, 0.4) is 0 Å². The van der Waals surface area contributed by atoms with E-state index in [1.54, 1.807) is 12.1 Å². The molecule has 0 amide bonds. The molecule has 1 aromatic carbocycles. The lowest BCUT2D eigenvalue weighted by Crippen LogP contribution is -1.99. The van der Waals surface area contributed by atoms with E-state index in [1.165, 1.54) is 11.8 Å². The Morgan fingerprint density at radius 3 is 1.94 bits per heavy atom. The summed E-state index contributed by atoms with van der Waals surface area (Å²) in [5, 5.41) is 0.971. The smallest absolute Gasteiger partial charge is 0.175 e. The van der Waals surface area contributed by atoms with Gasteiger partial charge in [0.05, 0.1) is 4.90 Å². The minimum atomic E-state index is -3.08. The zero-order chi connectivity index (χ0) is 12.3. The van der Waals surface area contributed by atoms with Crippen molar-refractivity contribution in [1.29, 1.82) is 0 Å². The van der Waals surface area contributed by atoms with E-state index in [2.05, 4.69) is 20.8 Å². The average Bonchev–Trinajstić information content (AvgIpc) is 2.15. The van der Waals surface area contributed by atoms with E-state index in [-0.39, 0.29) is 0 Å². The van der Waals surface area contributed by atoms with Gasteiger partial charge < -0.3 is 0 Å². The first-order valence-electron chi connectivity index (χ1n) is 5.26. The molecule has 0 aromatic heterocycles. The van der Waals surface area contributed by atoms with Crippen LogP contribution < -0.4 is 0 Å². The van der Waals surface area contributed by atoms with Crippen LogP contribution in [0.4, 0.5) is 0 Å². The summed E-state index contributed by atoms with van der Waals surface area (Å²) < 4.78 is 22.6. The van der Waals surface area contributed by atoms with Crippen LogP contribution in [-0.2, 0) is 9.84 Å². The van der Waals surface area contributed by atoms with Gasteiger partial charge in [0, 0.05) is 11.5 Å². The highest BCUT2D eigenvalue weighted by atomic mass is 32.2. The number of sulfone groups is 1. The zero-order valence-corrected chi connectivity index (χ0v) is 11.7. The summed E-state index contributed by atoms with van der Waals surface area (Å²) in [6.07, 6.45) is 1.23. The first-order chi connectivity index (χ1) is 7.30. The quantitative estimate of drug-likeness (QED) is 0.831. The molecule has 0 saturated carbocycles. The highest BCUT2D eigenvalue weighted by Gasteiger charge is 2.10. The molecule has 0 bridgehead atoms. The minimum absolute atomic E-state index is 0.387. The minimum Gasteiger partial charge on any atom is -0.224 e. The number of hydrogen-bond acceptors (Lipinski definition) is 3. The first kappa shape index (κ1) is 13.6. The maximum absolute atomic E-state index is 11.3. The lowest BCUT2D eigenvalue weighted by molar-refractivity contribution is 0.602. The summed E-state index contributed by atoms with van der Waals surface area (Å²) >= 11 is 1.87. The predicted octanol–water partition coefficient (Wildman–Crippen LogP) is 3.29. The topological polar surface area (TPSA) is 34.1 Å². The molecule has 0 aliphatic rings. The second-order valence-electron chi connectivity index (χ2n) is 4.17. The fourth-order valence-electron chi connectivity index (χ4n) is 1.47. The molecule has 0 heterocycles. The monoisotopic (exact) mass is 258 g/mol. The third-order valence-corrected chi connectivity index (χ3v) is 4.61. The second kappa shape index (κ2) is 5.23. The van der Waals surface area contributed by atoms with Gasteiger partial charge in [-0.2, -0.15) is 11.8 Å². The van der Waals surface area contributed by atoms with Gasteiger partial charge in [0.15, 0.2) is 9.84 Å². The molecular formula is C12H18O2S2. The third kappa shape index (κ3) is 3.83. The standard InChI is InChI=1S/C12H18O2S2/c1-9(2)15-10(3)11-5-7-12(8-6-11)16(4,13)14/h5-10H,1-4H3. The van der Waals surface area contributed by atoms with E-state index >= 15 is 0 Å². The number of benzene rings is 1. The molecule has 0 radical (unpaired) electrons. The van der Waals surface area contributed by atoms with E-state index in [4.69, 9.17) is 0 Å². The molecule has 1 rings (SSSR count). The average molecular weight is 258 g/mol. The highest BCUT2D eigenvalue weighted by molar-refractivity contribution is 8.00. The van der Waals surface area contributed by atoms with E-state index in [0.717, 1.165) is 0 Å². The molecule has 1 unspecified atom stereocenters. The highest BCUT2D eigenvalue weighted by Crippen LogP contribution is 2.31. The summed E-state index contributed by atoms with van der Waals surface area (Å²) in [4.78, 5) is 0.387. The largest absolute Gasteiger partial charge is 0.224 e. The molecule has 0 saturated heterocycles. The van der Waals surface area contributed by atoms with Crippen LogP contribution in [0, 0.1) is 0 Å². The number of hydrogen-bond donors (Lipinski definition) is 0. The molecule has 16 heavy (non-hydrogen) atoms. The molecule has 1 atom stereocenters. The van der Waals surface area contributed by atoms with Crippen molar-refractivity contribution in [3.8, 4) is 0 Å². The van der Waals surface area contributed by atoms with Crippen LogP contribution in [0.2, 0.25) is 0 Å². The van der Waals surface area contributed by atoms with E-state index in [0.29, 0.717) is 15.4 Å². The Balaban J connectivity index is 2.87. The summed E-state index contributed by atoms with van der Waals surface area (Å²) in [7, 11) is -3.08. The molecule has 0 N–H and O–H groups in total. The van der Waals surface area contributed by atoms with Crippen LogP contribution in [0.5, 0.6) is 0 Å². The molecule has 0 aliphatic heterocycles. The molecule has 0 aliphatic carbocycles. The second-order valence-corrected chi connectivity index (χ2v) is 8.11. The van der Waals surface area contributed by atoms with Gasteiger partial charge in [-0.25, -0.2) is 8.42 Å². The normalized spacial score (nSPS) is 14.1. The summed E-state index contributed by atoms with van der Waals surface area (Å²) in [5.74, 6) is 0. The fraction of sp³-hybridized carbons (Fsp3) is 0.500. The third-order valence-electron chi connectivity index (χ3n) is 2.25. The summed E-state index contributed by atoms with van der Waals surface area (Å²) in [6.45, 7) is 6.46. The molecule has 4 heteroatoms. The van der Waals surface area contributed by atoms with Gasteiger partial charge in [-0.15, -0.1) is 0 Å². The van der Waals surface area contributed by atoms with Gasteiger partial charge in [0.2, 0.25) is 0 Å². The lowest BCUT2D eigenvalue weighted by atomic mass is 10.2. The van der Waals surface area contributed by atoms with Crippen LogP contribution >= 0.6 is 11.8 Å². The van der Waals surface area contributed by atoms with Crippen molar-refractivity contribution in [2.75, 3.05) is 6.26 Å². The van der Waals surface area contributed by atoms with Gasteiger partial charge in [-0.05, 0) is 29.9 Å². The van der Waals surface area contributed by atoms with Gasteiger partial charge >= 0.3 is 0 Å². The summed E-state index contributed by atoms with van der Waals surface area (Å²) in [5.41, 5.74) is 1.17. The number of rotatable bonds is 4. The maximum atomic E-state index is 11.3. The summed E-state index contributed by atoms with van der Waals surface area (Å²) in [6, 6.07) is 7.16.